The quantitative estimate of drug-likeness (QED) is 0.676. The van der Waals surface area contributed by atoms with Gasteiger partial charge in [0, 0.05) is 53.6 Å². The molecule has 29 heavy (non-hydrogen) atoms. The lowest BCUT2D eigenvalue weighted by Gasteiger charge is -2.20. The summed E-state index contributed by atoms with van der Waals surface area (Å²) < 4.78 is 5.50. The number of rotatable bonds is 7. The second-order valence-electron chi connectivity index (χ2n) is 6.64. The predicted molar refractivity (Wildman–Crippen MR) is 110 cm³/mol. The smallest absolute Gasteiger partial charge is 0.260 e. The molecule has 1 aliphatic rings. The summed E-state index contributed by atoms with van der Waals surface area (Å²) in [6, 6.07) is 11.8. The van der Waals surface area contributed by atoms with Crippen molar-refractivity contribution in [3.63, 3.8) is 0 Å². The highest BCUT2D eigenvalue weighted by molar-refractivity contribution is 6.31. The molecule has 0 atom stereocenters. The van der Waals surface area contributed by atoms with E-state index in [9.17, 15) is 14.4 Å². The van der Waals surface area contributed by atoms with Gasteiger partial charge in [-0.15, -0.1) is 0 Å². The van der Waals surface area contributed by atoms with Crippen LogP contribution in [-0.2, 0) is 16.1 Å². The van der Waals surface area contributed by atoms with Gasteiger partial charge in [0.2, 0.25) is 5.91 Å². The molecule has 0 spiro atoms. The number of fused-ring (bicyclic) bond motifs is 1. The standard InChI is InChI=1S/C21H20Cl2N2O4/c22-16-3-1-14(2-4-16)18(26)6-8-20(27)24-9-10-25-12-15-11-17(23)5-7-19(15)29-13-21(25)28/h1-5,7,11H,6,8-10,12-13H2,(H,24,27). The van der Waals surface area contributed by atoms with Gasteiger partial charge < -0.3 is 15.0 Å². The van der Waals surface area contributed by atoms with Gasteiger partial charge in [0.05, 0.1) is 0 Å². The number of hydrogen-bond donors (Lipinski definition) is 1. The first-order chi connectivity index (χ1) is 13.9. The number of carbonyl (C=O) groups is 3. The van der Waals surface area contributed by atoms with Gasteiger partial charge >= 0.3 is 0 Å². The highest BCUT2D eigenvalue weighted by Crippen LogP contribution is 2.26. The van der Waals surface area contributed by atoms with Crippen LogP contribution in [0.5, 0.6) is 5.75 Å². The van der Waals surface area contributed by atoms with Crippen LogP contribution < -0.4 is 10.1 Å². The van der Waals surface area contributed by atoms with Crippen LogP contribution in [0, 0.1) is 0 Å². The van der Waals surface area contributed by atoms with Crippen LogP contribution in [0.1, 0.15) is 28.8 Å². The summed E-state index contributed by atoms with van der Waals surface area (Å²) in [7, 11) is 0. The molecule has 6 nitrogen and oxygen atoms in total. The Kier molecular flexibility index (Phi) is 7.12. The van der Waals surface area contributed by atoms with Crippen molar-refractivity contribution in [3.8, 4) is 5.75 Å². The molecule has 0 fully saturated rings. The Balaban J connectivity index is 1.45. The zero-order valence-corrected chi connectivity index (χ0v) is 17.1. The van der Waals surface area contributed by atoms with Crippen LogP contribution in [-0.4, -0.2) is 42.2 Å². The van der Waals surface area contributed by atoms with Gasteiger partial charge in [-0.3, -0.25) is 14.4 Å². The van der Waals surface area contributed by atoms with Crippen molar-refractivity contribution >= 4 is 40.8 Å². The molecule has 0 unspecified atom stereocenters. The normalized spacial score (nSPS) is 13.3. The van der Waals surface area contributed by atoms with E-state index in [4.69, 9.17) is 27.9 Å². The number of Topliss-reactive ketones (excluding diaryl/α,β-unsaturated/α-hetero) is 1. The molecule has 8 heteroatoms. The van der Waals surface area contributed by atoms with Gasteiger partial charge in [-0.05, 0) is 42.5 Å². The number of nitrogens with one attached hydrogen (secondary N) is 1. The summed E-state index contributed by atoms with van der Waals surface area (Å²) in [5.74, 6) is 0.110. The van der Waals surface area contributed by atoms with Crippen LogP contribution >= 0.6 is 23.2 Å². The summed E-state index contributed by atoms with van der Waals surface area (Å²) >= 11 is 11.8. The molecular formula is C21H20Cl2N2O4. The minimum atomic E-state index is -0.241. The number of benzene rings is 2. The number of ketones is 1. The Morgan fingerprint density at radius 3 is 2.52 bits per heavy atom. The number of carbonyl (C=O) groups excluding carboxylic acids is 3. The monoisotopic (exact) mass is 434 g/mol. The Labute approximate surface area is 178 Å². The zero-order valence-electron chi connectivity index (χ0n) is 15.6. The Hall–Kier alpha value is -2.57. The summed E-state index contributed by atoms with van der Waals surface area (Å²) in [4.78, 5) is 38.0. The zero-order chi connectivity index (χ0) is 20.8. The fourth-order valence-corrected chi connectivity index (χ4v) is 3.29. The maximum atomic E-state index is 12.2. The molecule has 0 radical (unpaired) electrons. The molecule has 0 saturated carbocycles. The summed E-state index contributed by atoms with van der Waals surface area (Å²) in [6.45, 7) is 0.929. The average molecular weight is 435 g/mol. The first-order valence-corrected chi connectivity index (χ1v) is 9.92. The van der Waals surface area contributed by atoms with Gasteiger partial charge in [-0.25, -0.2) is 0 Å². The second-order valence-corrected chi connectivity index (χ2v) is 7.51. The third-order valence-corrected chi connectivity index (χ3v) is 5.02. The van der Waals surface area contributed by atoms with Crippen molar-refractivity contribution < 1.29 is 19.1 Å². The van der Waals surface area contributed by atoms with E-state index in [1.807, 2.05) is 0 Å². The van der Waals surface area contributed by atoms with Crippen LogP contribution in [0.4, 0.5) is 0 Å². The lowest BCUT2D eigenvalue weighted by atomic mass is 10.1. The topological polar surface area (TPSA) is 75.7 Å². The van der Waals surface area contributed by atoms with Gasteiger partial charge in [-0.2, -0.15) is 0 Å². The summed E-state index contributed by atoms with van der Waals surface area (Å²) in [6.07, 6.45) is 0.187. The predicted octanol–water partition coefficient (Wildman–Crippen LogP) is 3.49. The molecule has 3 rings (SSSR count). The van der Waals surface area contributed by atoms with E-state index < -0.39 is 0 Å². The minimum absolute atomic E-state index is 0.0574. The highest BCUT2D eigenvalue weighted by Gasteiger charge is 2.21. The summed E-state index contributed by atoms with van der Waals surface area (Å²) in [5, 5.41) is 3.87. The average Bonchev–Trinajstić information content (AvgIpc) is 2.85. The van der Waals surface area contributed by atoms with Crippen molar-refractivity contribution in [1.82, 2.24) is 10.2 Å². The fourth-order valence-electron chi connectivity index (χ4n) is 2.97. The van der Waals surface area contributed by atoms with E-state index in [0.717, 1.165) is 5.56 Å². The number of nitrogens with zero attached hydrogens (tertiary/aromatic N) is 1. The van der Waals surface area contributed by atoms with E-state index in [-0.39, 0.29) is 43.6 Å². The fraction of sp³-hybridized carbons (Fsp3) is 0.286. The molecular weight excluding hydrogens is 415 g/mol. The minimum Gasteiger partial charge on any atom is -0.483 e. The molecule has 0 aromatic heterocycles. The molecule has 1 aliphatic heterocycles. The molecule has 1 N–H and O–H groups in total. The van der Waals surface area contributed by atoms with Crippen LogP contribution in [0.3, 0.4) is 0 Å². The molecule has 2 aromatic carbocycles. The lowest BCUT2D eigenvalue weighted by Crippen LogP contribution is -2.39. The van der Waals surface area contributed by atoms with Crippen molar-refractivity contribution in [1.29, 1.82) is 0 Å². The summed E-state index contributed by atoms with van der Waals surface area (Å²) in [5.41, 5.74) is 1.35. The molecule has 2 amide bonds. The maximum absolute atomic E-state index is 12.2. The van der Waals surface area contributed by atoms with Crippen molar-refractivity contribution in [2.24, 2.45) is 0 Å². The Morgan fingerprint density at radius 2 is 1.76 bits per heavy atom. The van der Waals surface area contributed by atoms with E-state index in [1.54, 1.807) is 47.4 Å². The molecule has 2 aromatic rings. The number of ether oxygens (including phenoxy) is 1. The SMILES string of the molecule is O=C(CCC(=O)c1ccc(Cl)cc1)NCCN1Cc2cc(Cl)ccc2OCC1=O. The molecule has 0 saturated heterocycles. The van der Waals surface area contributed by atoms with Crippen LogP contribution in [0.2, 0.25) is 10.0 Å². The Bertz CT molecular complexity index is 915. The second kappa shape index (κ2) is 9.76. The van der Waals surface area contributed by atoms with Gasteiger partial charge in [0.25, 0.3) is 5.91 Å². The van der Waals surface area contributed by atoms with E-state index >= 15 is 0 Å². The van der Waals surface area contributed by atoms with Gasteiger partial charge in [0.1, 0.15) is 5.75 Å². The third kappa shape index (κ3) is 5.95. The van der Waals surface area contributed by atoms with Gasteiger partial charge in [0.15, 0.2) is 12.4 Å². The van der Waals surface area contributed by atoms with Crippen molar-refractivity contribution in [3.05, 3.63) is 63.6 Å². The van der Waals surface area contributed by atoms with Crippen LogP contribution in [0.15, 0.2) is 42.5 Å². The maximum Gasteiger partial charge on any atom is 0.260 e. The molecule has 0 aliphatic carbocycles. The van der Waals surface area contributed by atoms with Crippen molar-refractivity contribution in [2.45, 2.75) is 19.4 Å². The molecule has 152 valence electrons. The van der Waals surface area contributed by atoms with Crippen molar-refractivity contribution in [2.75, 3.05) is 19.7 Å². The van der Waals surface area contributed by atoms with E-state index in [2.05, 4.69) is 5.32 Å². The molecule has 0 bridgehead atoms. The first kappa shape index (κ1) is 21.1. The van der Waals surface area contributed by atoms with Gasteiger partial charge in [-0.1, -0.05) is 23.2 Å². The largest absolute Gasteiger partial charge is 0.483 e. The Morgan fingerprint density at radius 1 is 1.03 bits per heavy atom. The lowest BCUT2D eigenvalue weighted by molar-refractivity contribution is -0.133. The number of halogens is 2. The van der Waals surface area contributed by atoms with E-state index in [1.165, 1.54) is 0 Å². The number of amides is 2. The number of hydrogen-bond acceptors (Lipinski definition) is 4. The van der Waals surface area contributed by atoms with E-state index in [0.29, 0.717) is 34.4 Å². The highest BCUT2D eigenvalue weighted by atomic mass is 35.5. The molecule has 1 heterocycles. The van der Waals surface area contributed by atoms with Crippen LogP contribution in [0.25, 0.3) is 0 Å². The third-order valence-electron chi connectivity index (χ3n) is 4.54. The first-order valence-electron chi connectivity index (χ1n) is 9.17.